The quantitative estimate of drug-likeness (QED) is 0.649. The molecule has 0 spiro atoms. The van der Waals surface area contributed by atoms with Crippen molar-refractivity contribution in [2.24, 2.45) is 23.7 Å². The van der Waals surface area contributed by atoms with E-state index >= 15 is 0 Å². The number of likely N-dealkylation sites (tertiary alicyclic amines) is 1. The molecule has 140 valence electrons. The minimum atomic E-state index is -0.245. The summed E-state index contributed by atoms with van der Waals surface area (Å²) in [5.41, 5.74) is 0.597. The summed E-state index contributed by atoms with van der Waals surface area (Å²) >= 11 is 0. The first-order valence-corrected chi connectivity index (χ1v) is 9.35. The van der Waals surface area contributed by atoms with Crippen LogP contribution >= 0.6 is 0 Å². The Kier molecular flexibility index (Phi) is 3.70. The lowest BCUT2D eigenvalue weighted by Gasteiger charge is -2.38. The Hall–Kier alpha value is -2.83. The molecule has 2 aliphatic heterocycles. The molecule has 4 atom stereocenters. The van der Waals surface area contributed by atoms with E-state index in [1.165, 1.54) is 4.90 Å². The molecule has 0 aromatic heterocycles. The van der Waals surface area contributed by atoms with Crippen LogP contribution in [0.25, 0.3) is 0 Å². The van der Waals surface area contributed by atoms with Crippen LogP contribution in [0.3, 0.4) is 0 Å². The number of benzene rings is 1. The summed E-state index contributed by atoms with van der Waals surface area (Å²) in [7, 11) is 0. The second-order valence-corrected chi connectivity index (χ2v) is 7.54. The Balaban J connectivity index is 1.22. The summed E-state index contributed by atoms with van der Waals surface area (Å²) < 4.78 is 10.5. The molecule has 7 nitrogen and oxygen atoms in total. The van der Waals surface area contributed by atoms with Crippen molar-refractivity contribution in [2.45, 2.75) is 19.3 Å². The third-order valence-corrected chi connectivity index (χ3v) is 6.07. The van der Waals surface area contributed by atoms with E-state index < -0.39 is 0 Å². The van der Waals surface area contributed by atoms with Crippen molar-refractivity contribution in [1.82, 2.24) is 4.90 Å². The lowest BCUT2D eigenvalue weighted by atomic mass is 9.63. The molecule has 0 radical (unpaired) electrons. The molecule has 2 fully saturated rings. The highest BCUT2D eigenvalue weighted by Crippen LogP contribution is 2.49. The van der Waals surface area contributed by atoms with E-state index in [-0.39, 0.29) is 61.2 Å². The zero-order valence-electron chi connectivity index (χ0n) is 14.7. The van der Waals surface area contributed by atoms with Gasteiger partial charge in [0.25, 0.3) is 0 Å². The van der Waals surface area contributed by atoms with Crippen LogP contribution < -0.4 is 14.8 Å². The van der Waals surface area contributed by atoms with Crippen LogP contribution in [-0.4, -0.2) is 36.0 Å². The maximum Gasteiger partial charge on any atom is 0.233 e. The highest BCUT2D eigenvalue weighted by atomic mass is 16.7. The molecule has 2 heterocycles. The molecule has 0 unspecified atom stereocenters. The third kappa shape index (κ3) is 2.60. The van der Waals surface area contributed by atoms with Gasteiger partial charge in [-0.05, 0) is 36.8 Å². The van der Waals surface area contributed by atoms with E-state index in [1.807, 2.05) is 0 Å². The smallest absolute Gasteiger partial charge is 0.233 e. The van der Waals surface area contributed by atoms with E-state index in [0.717, 1.165) is 12.8 Å². The SMILES string of the molecule is O=C(CCN1C(=O)[C@@H]2[C@@H](C1=O)[C@H]1C=C[C@H]2CC1)Nc1ccc2c(c1)OCO2. The molecule has 1 aromatic rings. The molecule has 6 rings (SSSR count). The van der Waals surface area contributed by atoms with Crippen LogP contribution in [0, 0.1) is 23.7 Å². The zero-order chi connectivity index (χ0) is 18.5. The van der Waals surface area contributed by atoms with Crippen LogP contribution in [0.4, 0.5) is 5.69 Å². The number of carbonyl (C=O) groups is 3. The van der Waals surface area contributed by atoms with Crippen LogP contribution in [0.1, 0.15) is 19.3 Å². The summed E-state index contributed by atoms with van der Waals surface area (Å²) in [5.74, 6) is 0.659. The molecular weight excluding hydrogens is 348 g/mol. The van der Waals surface area contributed by atoms with Gasteiger partial charge < -0.3 is 14.8 Å². The number of hydrogen-bond donors (Lipinski definition) is 1. The van der Waals surface area contributed by atoms with Gasteiger partial charge in [0.1, 0.15) is 0 Å². The molecule has 2 bridgehead atoms. The van der Waals surface area contributed by atoms with Gasteiger partial charge in [0.05, 0.1) is 11.8 Å². The van der Waals surface area contributed by atoms with Crippen LogP contribution in [0.15, 0.2) is 30.4 Å². The topological polar surface area (TPSA) is 84.9 Å². The normalized spacial score (nSPS) is 30.0. The maximum atomic E-state index is 12.7. The van der Waals surface area contributed by atoms with Crippen LogP contribution in [0.5, 0.6) is 11.5 Å². The number of anilines is 1. The lowest BCUT2D eigenvalue weighted by Crippen LogP contribution is -2.38. The fourth-order valence-corrected chi connectivity index (χ4v) is 4.77. The Morgan fingerprint density at radius 3 is 2.37 bits per heavy atom. The average molecular weight is 368 g/mol. The molecule has 3 aliphatic carbocycles. The zero-order valence-corrected chi connectivity index (χ0v) is 14.7. The maximum absolute atomic E-state index is 12.7. The highest BCUT2D eigenvalue weighted by Gasteiger charge is 2.56. The Morgan fingerprint density at radius 2 is 1.70 bits per heavy atom. The molecular formula is C20H20N2O5. The van der Waals surface area contributed by atoms with Gasteiger partial charge >= 0.3 is 0 Å². The van der Waals surface area contributed by atoms with E-state index in [4.69, 9.17) is 9.47 Å². The predicted octanol–water partition coefficient (Wildman–Crippen LogP) is 1.94. The molecule has 1 saturated carbocycles. The highest BCUT2D eigenvalue weighted by molar-refractivity contribution is 6.06. The van der Waals surface area contributed by atoms with Gasteiger partial charge in [-0.3, -0.25) is 19.3 Å². The molecule has 1 aromatic carbocycles. The van der Waals surface area contributed by atoms with Crippen molar-refractivity contribution in [3.05, 3.63) is 30.4 Å². The van der Waals surface area contributed by atoms with Gasteiger partial charge in [-0.2, -0.15) is 0 Å². The standard InChI is InChI=1S/C20H20N2O5/c23-16(21-13-5-6-14-15(9-13)27-10-26-14)7-8-22-19(24)17-11-1-2-12(4-3-11)18(17)20(22)25/h1-2,5-6,9,11-12,17-18H,3-4,7-8,10H2,(H,21,23)/t11-,12-,17-,18-/m0/s1. The van der Waals surface area contributed by atoms with Crippen molar-refractivity contribution < 1.29 is 23.9 Å². The van der Waals surface area contributed by atoms with Gasteiger partial charge in [0, 0.05) is 24.7 Å². The number of nitrogens with one attached hydrogen (secondary N) is 1. The summed E-state index contributed by atoms with van der Waals surface area (Å²) in [6, 6.07) is 5.17. The van der Waals surface area contributed by atoms with Crippen molar-refractivity contribution in [2.75, 3.05) is 18.7 Å². The van der Waals surface area contributed by atoms with E-state index in [2.05, 4.69) is 17.5 Å². The molecule has 3 amide bonds. The lowest BCUT2D eigenvalue weighted by molar-refractivity contribution is -0.140. The first kappa shape index (κ1) is 16.4. The summed E-state index contributed by atoms with van der Waals surface area (Å²) in [4.78, 5) is 39.1. The number of rotatable bonds is 4. The number of hydrogen-bond acceptors (Lipinski definition) is 5. The molecule has 1 saturated heterocycles. The number of nitrogens with zero attached hydrogens (tertiary/aromatic N) is 1. The summed E-state index contributed by atoms with van der Waals surface area (Å²) in [6.45, 7) is 0.297. The average Bonchev–Trinajstić information content (AvgIpc) is 3.25. The number of allylic oxidation sites excluding steroid dienone is 2. The largest absolute Gasteiger partial charge is 0.454 e. The van der Waals surface area contributed by atoms with Gasteiger partial charge in [-0.1, -0.05) is 12.2 Å². The molecule has 5 aliphatic rings. The second-order valence-electron chi connectivity index (χ2n) is 7.54. The first-order chi connectivity index (χ1) is 13.1. The fourth-order valence-electron chi connectivity index (χ4n) is 4.77. The third-order valence-electron chi connectivity index (χ3n) is 6.07. The Morgan fingerprint density at radius 1 is 1.04 bits per heavy atom. The number of carbonyl (C=O) groups excluding carboxylic acids is 3. The molecule has 1 N–H and O–H groups in total. The van der Waals surface area contributed by atoms with Gasteiger partial charge in [-0.25, -0.2) is 0 Å². The van der Waals surface area contributed by atoms with Crippen molar-refractivity contribution in [3.8, 4) is 11.5 Å². The molecule has 7 heteroatoms. The predicted molar refractivity (Wildman–Crippen MR) is 94.9 cm³/mol. The number of amides is 3. The van der Waals surface area contributed by atoms with E-state index in [1.54, 1.807) is 18.2 Å². The number of fused-ring (bicyclic) bond motifs is 2. The Labute approximate surface area is 156 Å². The van der Waals surface area contributed by atoms with Gasteiger partial charge in [0.15, 0.2) is 11.5 Å². The summed E-state index contributed by atoms with van der Waals surface area (Å²) in [6.07, 6.45) is 6.21. The van der Waals surface area contributed by atoms with Gasteiger partial charge in [-0.15, -0.1) is 0 Å². The fraction of sp³-hybridized carbons (Fsp3) is 0.450. The van der Waals surface area contributed by atoms with Crippen molar-refractivity contribution in [1.29, 1.82) is 0 Å². The van der Waals surface area contributed by atoms with Crippen molar-refractivity contribution >= 4 is 23.4 Å². The van der Waals surface area contributed by atoms with Crippen LogP contribution in [-0.2, 0) is 14.4 Å². The second kappa shape index (κ2) is 6.11. The minimum Gasteiger partial charge on any atom is -0.454 e. The summed E-state index contributed by atoms with van der Waals surface area (Å²) in [5, 5.41) is 2.78. The van der Waals surface area contributed by atoms with E-state index in [0.29, 0.717) is 17.2 Å². The van der Waals surface area contributed by atoms with E-state index in [9.17, 15) is 14.4 Å². The number of imide groups is 1. The van der Waals surface area contributed by atoms with Gasteiger partial charge in [0.2, 0.25) is 24.5 Å². The first-order valence-electron chi connectivity index (χ1n) is 9.35. The Bertz CT molecular complexity index is 832. The van der Waals surface area contributed by atoms with Crippen molar-refractivity contribution in [3.63, 3.8) is 0 Å². The molecule has 27 heavy (non-hydrogen) atoms. The minimum absolute atomic E-state index is 0.0775. The van der Waals surface area contributed by atoms with Crippen LogP contribution in [0.2, 0.25) is 0 Å². The monoisotopic (exact) mass is 368 g/mol. The number of ether oxygens (including phenoxy) is 2.